The lowest BCUT2D eigenvalue weighted by molar-refractivity contribution is 0.633. The molecule has 1 heterocycles. The highest BCUT2D eigenvalue weighted by Crippen LogP contribution is 2.13. The Labute approximate surface area is 162 Å². The zero-order valence-electron chi connectivity index (χ0n) is 14.6. The maximum absolute atomic E-state index is 4.28. The smallest absolute Gasteiger partial charge is 0.191 e. The lowest BCUT2D eigenvalue weighted by Gasteiger charge is -2.27. The summed E-state index contributed by atoms with van der Waals surface area (Å²) in [6.45, 7) is 4.80. The van der Waals surface area contributed by atoms with Crippen molar-refractivity contribution in [1.29, 1.82) is 0 Å². The van der Waals surface area contributed by atoms with Crippen LogP contribution in [0.15, 0.2) is 59.9 Å². The number of anilines is 1. The van der Waals surface area contributed by atoms with Crippen LogP contribution in [-0.4, -0.2) is 43.8 Å². The number of nitrogens with zero attached hydrogens (tertiary/aromatic N) is 3. The van der Waals surface area contributed by atoms with Gasteiger partial charge >= 0.3 is 0 Å². The Kier molecular flexibility index (Phi) is 9.29. The van der Waals surface area contributed by atoms with E-state index in [0.717, 1.165) is 25.6 Å². The summed E-state index contributed by atoms with van der Waals surface area (Å²) in [5.41, 5.74) is 1.22. The van der Waals surface area contributed by atoms with Gasteiger partial charge in [-0.15, -0.1) is 24.0 Å². The summed E-state index contributed by atoms with van der Waals surface area (Å²) >= 11 is 0. The molecule has 132 valence electrons. The zero-order chi connectivity index (χ0) is 16.5. The van der Waals surface area contributed by atoms with E-state index in [1.807, 2.05) is 18.2 Å². The third-order valence-corrected chi connectivity index (χ3v) is 3.94. The van der Waals surface area contributed by atoms with E-state index in [4.69, 9.17) is 0 Å². The van der Waals surface area contributed by atoms with Crippen LogP contribution in [0.4, 0.5) is 5.69 Å². The number of likely N-dealkylation sites (N-methyl/N-ethyl adjacent to an activating group) is 1. The summed E-state index contributed by atoms with van der Waals surface area (Å²) in [4.78, 5) is 6.54. The highest BCUT2D eigenvalue weighted by molar-refractivity contribution is 14.0. The van der Waals surface area contributed by atoms with Crippen molar-refractivity contribution in [3.05, 3.63) is 54.9 Å². The van der Waals surface area contributed by atoms with Gasteiger partial charge in [0, 0.05) is 57.9 Å². The first-order valence-corrected chi connectivity index (χ1v) is 8.04. The first-order valence-electron chi connectivity index (χ1n) is 8.04. The van der Waals surface area contributed by atoms with Gasteiger partial charge in [-0.3, -0.25) is 4.99 Å². The van der Waals surface area contributed by atoms with Gasteiger partial charge in [0.1, 0.15) is 0 Å². The minimum absolute atomic E-state index is 0. The maximum atomic E-state index is 4.28. The molecule has 5 nitrogen and oxygen atoms in total. The summed E-state index contributed by atoms with van der Waals surface area (Å²) in [5, 5.41) is 6.73. The molecule has 0 aliphatic rings. The van der Waals surface area contributed by atoms with E-state index in [2.05, 4.69) is 75.7 Å². The molecule has 0 aliphatic carbocycles. The number of para-hydroxylation sites is 1. The second-order valence-corrected chi connectivity index (χ2v) is 5.60. The van der Waals surface area contributed by atoms with Crippen LogP contribution in [0.5, 0.6) is 0 Å². The molecule has 0 spiro atoms. The predicted octanol–water partition coefficient (Wildman–Crippen LogP) is 2.80. The number of benzene rings is 1. The molecule has 2 aromatic rings. The molecule has 1 aromatic carbocycles. The van der Waals surface area contributed by atoms with Gasteiger partial charge in [-0.25, -0.2) is 0 Å². The third kappa shape index (κ3) is 6.43. The minimum Gasteiger partial charge on any atom is -0.370 e. The van der Waals surface area contributed by atoms with Crippen LogP contribution in [0.3, 0.4) is 0 Å². The van der Waals surface area contributed by atoms with Crippen molar-refractivity contribution in [2.45, 2.75) is 19.5 Å². The number of aromatic nitrogens is 1. The highest BCUT2D eigenvalue weighted by atomic mass is 127. The molecule has 0 saturated heterocycles. The normalized spacial score (nSPS) is 12.2. The van der Waals surface area contributed by atoms with Crippen LogP contribution < -0.4 is 15.5 Å². The Balaban J connectivity index is 0.00000288. The average molecular weight is 441 g/mol. The van der Waals surface area contributed by atoms with Gasteiger partial charge in [-0.2, -0.15) is 0 Å². The van der Waals surface area contributed by atoms with E-state index >= 15 is 0 Å². The summed E-state index contributed by atoms with van der Waals surface area (Å²) < 4.78 is 2.14. The zero-order valence-corrected chi connectivity index (χ0v) is 17.0. The first kappa shape index (κ1) is 20.3. The highest BCUT2D eigenvalue weighted by Gasteiger charge is 2.10. The Morgan fingerprint density at radius 3 is 2.42 bits per heavy atom. The second kappa shape index (κ2) is 11.0. The Bertz CT molecular complexity index is 583. The number of nitrogens with one attached hydrogen (secondary N) is 2. The number of hydrogen-bond acceptors (Lipinski definition) is 2. The first-order chi connectivity index (χ1) is 11.2. The van der Waals surface area contributed by atoms with Crippen LogP contribution in [0.25, 0.3) is 0 Å². The summed E-state index contributed by atoms with van der Waals surface area (Å²) in [6.07, 6.45) is 4.13. The molecule has 6 heteroatoms. The van der Waals surface area contributed by atoms with Crippen molar-refractivity contribution in [3.63, 3.8) is 0 Å². The molecule has 1 unspecified atom stereocenters. The molecule has 1 aromatic heterocycles. The maximum Gasteiger partial charge on any atom is 0.191 e. The summed E-state index contributed by atoms with van der Waals surface area (Å²) in [7, 11) is 3.92. The van der Waals surface area contributed by atoms with Crippen LogP contribution in [-0.2, 0) is 6.54 Å². The van der Waals surface area contributed by atoms with Gasteiger partial charge in [0.15, 0.2) is 5.96 Å². The fraction of sp³-hybridized carbons (Fsp3) is 0.389. The molecule has 0 fully saturated rings. The largest absolute Gasteiger partial charge is 0.370 e. The lowest BCUT2D eigenvalue weighted by atomic mass is 10.2. The molecule has 2 rings (SSSR count). The van der Waals surface area contributed by atoms with Gasteiger partial charge in [0.05, 0.1) is 0 Å². The van der Waals surface area contributed by atoms with Crippen LogP contribution in [0, 0.1) is 0 Å². The molecule has 2 N–H and O–H groups in total. The average Bonchev–Trinajstić information content (AvgIpc) is 3.11. The lowest BCUT2D eigenvalue weighted by Crippen LogP contribution is -2.45. The van der Waals surface area contributed by atoms with Gasteiger partial charge < -0.3 is 20.1 Å². The van der Waals surface area contributed by atoms with E-state index in [1.165, 1.54) is 5.69 Å². The van der Waals surface area contributed by atoms with Crippen molar-refractivity contribution in [1.82, 2.24) is 15.2 Å². The Morgan fingerprint density at radius 2 is 1.79 bits per heavy atom. The van der Waals surface area contributed by atoms with E-state index in [1.54, 1.807) is 7.05 Å². The van der Waals surface area contributed by atoms with Crippen molar-refractivity contribution in [2.75, 3.05) is 32.1 Å². The molecular weight excluding hydrogens is 413 g/mol. The van der Waals surface area contributed by atoms with Crippen LogP contribution >= 0.6 is 24.0 Å². The number of rotatable bonds is 7. The fourth-order valence-electron chi connectivity index (χ4n) is 2.34. The van der Waals surface area contributed by atoms with Gasteiger partial charge in [-0.1, -0.05) is 18.2 Å². The molecule has 0 saturated carbocycles. The van der Waals surface area contributed by atoms with Gasteiger partial charge in [0.2, 0.25) is 0 Å². The predicted molar refractivity (Wildman–Crippen MR) is 114 cm³/mol. The summed E-state index contributed by atoms with van der Waals surface area (Å²) in [6, 6.07) is 14.8. The topological polar surface area (TPSA) is 44.6 Å². The van der Waals surface area contributed by atoms with E-state index in [0.29, 0.717) is 6.04 Å². The molecule has 0 bridgehead atoms. The van der Waals surface area contributed by atoms with Crippen molar-refractivity contribution in [2.24, 2.45) is 4.99 Å². The van der Waals surface area contributed by atoms with Crippen LogP contribution in [0.1, 0.15) is 6.92 Å². The van der Waals surface area contributed by atoms with Crippen molar-refractivity contribution in [3.8, 4) is 0 Å². The summed E-state index contributed by atoms with van der Waals surface area (Å²) in [5.74, 6) is 0.838. The molecule has 0 amide bonds. The van der Waals surface area contributed by atoms with Crippen molar-refractivity contribution < 1.29 is 0 Å². The van der Waals surface area contributed by atoms with Crippen LogP contribution in [0.2, 0.25) is 0 Å². The number of hydrogen-bond donors (Lipinski definition) is 2. The minimum atomic E-state index is 0. The van der Waals surface area contributed by atoms with Gasteiger partial charge in [0.25, 0.3) is 0 Å². The molecule has 24 heavy (non-hydrogen) atoms. The fourth-order valence-corrected chi connectivity index (χ4v) is 2.34. The van der Waals surface area contributed by atoms with E-state index in [9.17, 15) is 0 Å². The van der Waals surface area contributed by atoms with E-state index in [-0.39, 0.29) is 24.0 Å². The third-order valence-electron chi connectivity index (χ3n) is 3.94. The SMILES string of the molecule is CN=C(NCCn1cccc1)NCC(C)N(C)c1ccccc1.I. The Hall–Kier alpha value is -1.70. The number of aliphatic imine (C=N–C) groups is 1. The quantitative estimate of drug-likeness (QED) is 0.395. The Morgan fingerprint density at radius 1 is 1.12 bits per heavy atom. The number of guanidine groups is 1. The number of halogens is 1. The van der Waals surface area contributed by atoms with Gasteiger partial charge in [-0.05, 0) is 31.2 Å². The molecule has 0 aliphatic heterocycles. The molecule has 0 radical (unpaired) electrons. The molecular formula is C18H28IN5. The van der Waals surface area contributed by atoms with E-state index < -0.39 is 0 Å². The second-order valence-electron chi connectivity index (χ2n) is 5.60. The molecule has 1 atom stereocenters. The monoisotopic (exact) mass is 441 g/mol. The van der Waals surface area contributed by atoms with Crippen molar-refractivity contribution >= 4 is 35.6 Å². The standard InChI is InChI=1S/C18H27N5.HI/c1-16(22(3)17-9-5-4-6-10-17)15-21-18(19-2)20-11-14-23-12-7-8-13-23;/h4-10,12-13,16H,11,14-15H2,1-3H3,(H2,19,20,21);1H.